The second kappa shape index (κ2) is 10.5. The molecule has 1 aromatic carbocycles. The number of rotatable bonds is 6. The number of carbonyl (C=O) groups is 5. The first-order valence-corrected chi connectivity index (χ1v) is 10.5. The van der Waals surface area contributed by atoms with E-state index in [1.165, 1.54) is 18.2 Å². The van der Waals surface area contributed by atoms with Gasteiger partial charge in [-0.25, -0.2) is 0 Å². The number of amides is 4. The summed E-state index contributed by atoms with van der Waals surface area (Å²) in [5.74, 6) is -2.80. The number of likely N-dealkylation sites (N-methyl/N-ethyl adjacent to an activating group) is 1. The number of imide groups is 2. The van der Waals surface area contributed by atoms with Crippen LogP contribution in [0.4, 0.5) is 5.69 Å². The summed E-state index contributed by atoms with van der Waals surface area (Å²) in [7, 11) is 3.55. The molecule has 0 bridgehead atoms. The molecular weight excluding hydrogens is 432 g/mol. The summed E-state index contributed by atoms with van der Waals surface area (Å²) in [6.07, 6.45) is 0.118. The van der Waals surface area contributed by atoms with Gasteiger partial charge in [-0.2, -0.15) is 0 Å². The number of aliphatic hydroxyl groups is 1. The maximum absolute atomic E-state index is 12.5. The van der Waals surface area contributed by atoms with Gasteiger partial charge in [0.15, 0.2) is 0 Å². The van der Waals surface area contributed by atoms with Gasteiger partial charge in [0.1, 0.15) is 12.1 Å². The van der Waals surface area contributed by atoms with Gasteiger partial charge >= 0.3 is 5.97 Å². The molecule has 0 aromatic heterocycles. The molecule has 2 atom stereocenters. The molecule has 180 valence electrons. The highest BCUT2D eigenvalue weighted by Gasteiger charge is 2.46. The predicted molar refractivity (Wildman–Crippen MR) is 118 cm³/mol. The number of aliphatic hydroxyl groups excluding tert-OH is 1. The number of carbonyl (C=O) groups excluding carboxylic acids is 4. The average molecular weight is 463 g/mol. The number of fused-ring (bicyclic) bond motifs is 1. The molecule has 1 saturated heterocycles. The van der Waals surface area contributed by atoms with E-state index in [1.54, 1.807) is 19.0 Å². The summed E-state index contributed by atoms with van der Waals surface area (Å²) in [5, 5.41) is 17.6. The van der Waals surface area contributed by atoms with Crippen molar-refractivity contribution in [2.75, 3.05) is 33.0 Å². The Kier molecular flexibility index (Phi) is 8.29. The molecule has 0 radical (unpaired) electrons. The third-order valence-electron chi connectivity index (χ3n) is 5.50. The van der Waals surface area contributed by atoms with Crippen LogP contribution in [0.5, 0.6) is 0 Å². The lowest BCUT2D eigenvalue weighted by Gasteiger charge is -2.34. The van der Waals surface area contributed by atoms with Gasteiger partial charge in [0.2, 0.25) is 5.91 Å². The molecule has 4 N–H and O–H groups in total. The quantitative estimate of drug-likeness (QED) is 0.391. The molecule has 1 unspecified atom stereocenters. The van der Waals surface area contributed by atoms with Gasteiger partial charge in [-0.15, -0.1) is 0 Å². The zero-order valence-corrected chi connectivity index (χ0v) is 19.1. The third-order valence-corrected chi connectivity index (χ3v) is 5.50. The molecule has 2 heterocycles. The van der Waals surface area contributed by atoms with Crippen LogP contribution in [0.1, 0.15) is 47.4 Å². The van der Waals surface area contributed by atoms with E-state index in [9.17, 15) is 24.0 Å². The monoisotopic (exact) mass is 462 g/mol. The second-order valence-electron chi connectivity index (χ2n) is 8.44. The number of piperidine rings is 1. The number of hydrogen-bond acceptors (Lipinski definition) is 8. The molecule has 11 nitrogen and oxygen atoms in total. The van der Waals surface area contributed by atoms with Crippen molar-refractivity contribution in [3.63, 3.8) is 0 Å². The van der Waals surface area contributed by atoms with E-state index in [1.807, 2.05) is 13.8 Å². The van der Waals surface area contributed by atoms with Crippen LogP contribution in [0.3, 0.4) is 0 Å². The molecule has 4 amide bonds. The summed E-state index contributed by atoms with van der Waals surface area (Å²) in [5.41, 5.74) is 6.34. The third kappa shape index (κ3) is 5.37. The Morgan fingerprint density at radius 1 is 1.15 bits per heavy atom. The van der Waals surface area contributed by atoms with Crippen molar-refractivity contribution in [3.05, 3.63) is 29.3 Å². The average Bonchev–Trinajstić information content (AvgIpc) is 2.95. The van der Waals surface area contributed by atoms with Gasteiger partial charge in [0.05, 0.1) is 24.3 Å². The molecule has 2 aliphatic heterocycles. The molecule has 1 fully saturated rings. The summed E-state index contributed by atoms with van der Waals surface area (Å²) in [6.45, 7) is 3.28. The number of aliphatic carboxylic acids is 1. The first-order chi connectivity index (χ1) is 15.4. The highest BCUT2D eigenvalue weighted by atomic mass is 16.4. The second-order valence-corrected chi connectivity index (χ2v) is 8.44. The first kappa shape index (κ1) is 25.9. The number of nitrogens with two attached hydrogens (primary N) is 1. The number of nitrogen functional groups attached to an aromatic ring is 1. The maximum Gasteiger partial charge on any atom is 0.321 e. The Morgan fingerprint density at radius 2 is 1.76 bits per heavy atom. The fraction of sp³-hybridized carbons (Fsp3) is 0.500. The molecule has 0 saturated carbocycles. The number of anilines is 1. The van der Waals surface area contributed by atoms with Crippen molar-refractivity contribution in [1.29, 1.82) is 0 Å². The lowest BCUT2D eigenvalue weighted by Crippen LogP contribution is -2.56. The fourth-order valence-electron chi connectivity index (χ4n) is 4.06. The van der Waals surface area contributed by atoms with Gasteiger partial charge in [-0.05, 0) is 44.6 Å². The summed E-state index contributed by atoms with van der Waals surface area (Å²) in [4.78, 5) is 63.2. The van der Waals surface area contributed by atoms with Crippen LogP contribution in [0, 0.1) is 5.92 Å². The molecule has 1 aromatic rings. The van der Waals surface area contributed by atoms with Crippen molar-refractivity contribution in [1.82, 2.24) is 14.7 Å². The van der Waals surface area contributed by atoms with Crippen molar-refractivity contribution in [2.24, 2.45) is 5.92 Å². The number of hydrogen-bond donors (Lipinski definition) is 3. The Balaban J connectivity index is 0.000000328. The number of carboxylic acids is 1. The Bertz CT molecular complexity index is 952. The van der Waals surface area contributed by atoms with E-state index in [0.717, 1.165) is 9.80 Å². The number of β-amino-alcohol motifs (C(OH)–C–C–N with tert-alkyl or cyclic N) is 1. The van der Waals surface area contributed by atoms with E-state index < -0.39 is 35.6 Å². The van der Waals surface area contributed by atoms with Crippen molar-refractivity contribution < 1.29 is 34.2 Å². The Labute approximate surface area is 191 Å². The number of benzene rings is 1. The van der Waals surface area contributed by atoms with E-state index in [-0.39, 0.29) is 49.1 Å². The minimum Gasteiger partial charge on any atom is -0.480 e. The topological polar surface area (TPSA) is 162 Å². The summed E-state index contributed by atoms with van der Waals surface area (Å²) >= 11 is 0. The zero-order valence-electron chi connectivity index (χ0n) is 19.1. The highest BCUT2D eigenvalue weighted by Crippen LogP contribution is 2.30. The van der Waals surface area contributed by atoms with Crippen LogP contribution in [0.25, 0.3) is 0 Å². The van der Waals surface area contributed by atoms with Gasteiger partial charge in [0, 0.05) is 12.1 Å². The SMILES string of the molecule is CC(C)[C@@H](C(=O)O)N(C)C.Nc1ccc2c(c1)C(=O)N(C1CCC(=O)N(CCO)C1=O)C2=O. The van der Waals surface area contributed by atoms with Crippen molar-refractivity contribution in [2.45, 2.75) is 38.8 Å². The fourth-order valence-corrected chi connectivity index (χ4v) is 4.06. The van der Waals surface area contributed by atoms with Crippen LogP contribution in [0.2, 0.25) is 0 Å². The van der Waals surface area contributed by atoms with E-state index in [2.05, 4.69) is 0 Å². The smallest absolute Gasteiger partial charge is 0.321 e. The zero-order chi connectivity index (χ0) is 25.0. The molecule has 33 heavy (non-hydrogen) atoms. The van der Waals surface area contributed by atoms with Crippen molar-refractivity contribution in [3.8, 4) is 0 Å². The molecular formula is C22H30N4O7. The van der Waals surface area contributed by atoms with Crippen LogP contribution < -0.4 is 5.73 Å². The molecule has 2 aliphatic rings. The molecule has 0 aliphatic carbocycles. The normalized spacial score (nSPS) is 19.1. The van der Waals surface area contributed by atoms with E-state index in [0.29, 0.717) is 5.69 Å². The Morgan fingerprint density at radius 3 is 2.24 bits per heavy atom. The van der Waals surface area contributed by atoms with Gasteiger partial charge in [0.25, 0.3) is 17.7 Å². The van der Waals surface area contributed by atoms with Crippen molar-refractivity contribution >= 4 is 35.3 Å². The van der Waals surface area contributed by atoms with Crippen LogP contribution in [-0.4, -0.2) is 93.8 Å². The standard InChI is InChI=1S/C15H15N3O5.C7H15NO2/c16-8-1-2-9-10(7-8)14(22)18(13(9)21)11-3-4-12(20)17(5-6-19)15(11)23;1-5(2)6(7(9)10)8(3)4/h1-2,7,11,19H,3-6,16H2;5-6H,1-4H3,(H,9,10)/t;6-/m.0/s1. The molecule has 3 rings (SSSR count). The summed E-state index contributed by atoms with van der Waals surface area (Å²) in [6, 6.07) is 2.97. The predicted octanol–water partition coefficient (Wildman–Crippen LogP) is 0.0319. The van der Waals surface area contributed by atoms with Gasteiger partial charge in [-0.1, -0.05) is 13.8 Å². The van der Waals surface area contributed by atoms with Crippen LogP contribution in [-0.2, 0) is 14.4 Å². The van der Waals surface area contributed by atoms with Gasteiger partial charge < -0.3 is 15.9 Å². The molecule has 0 spiro atoms. The lowest BCUT2D eigenvalue weighted by molar-refractivity contribution is -0.152. The largest absolute Gasteiger partial charge is 0.480 e. The number of carboxylic acid groups (broad SMARTS) is 1. The van der Waals surface area contributed by atoms with E-state index >= 15 is 0 Å². The minimum atomic E-state index is -1.03. The van der Waals surface area contributed by atoms with Crippen LogP contribution >= 0.6 is 0 Å². The maximum atomic E-state index is 12.5. The first-order valence-electron chi connectivity index (χ1n) is 10.5. The highest BCUT2D eigenvalue weighted by molar-refractivity contribution is 6.23. The molecule has 11 heteroatoms. The van der Waals surface area contributed by atoms with Crippen LogP contribution in [0.15, 0.2) is 18.2 Å². The number of nitrogens with zero attached hydrogens (tertiary/aromatic N) is 3. The Hall–Kier alpha value is -3.31. The summed E-state index contributed by atoms with van der Waals surface area (Å²) < 4.78 is 0. The van der Waals surface area contributed by atoms with Gasteiger partial charge in [-0.3, -0.25) is 38.7 Å². The minimum absolute atomic E-state index is 0.0337. The lowest BCUT2D eigenvalue weighted by atomic mass is 10.0. The number of likely N-dealkylation sites (tertiary alicyclic amines) is 1. The van der Waals surface area contributed by atoms with E-state index in [4.69, 9.17) is 15.9 Å².